The van der Waals surface area contributed by atoms with Crippen molar-refractivity contribution in [2.45, 2.75) is 33.2 Å². The van der Waals surface area contributed by atoms with E-state index in [4.69, 9.17) is 10.5 Å². The van der Waals surface area contributed by atoms with Gasteiger partial charge in [0.05, 0.1) is 12.5 Å². The number of benzene rings is 2. The molecular formula is C20H29ClN2O2. The van der Waals surface area contributed by atoms with Crippen molar-refractivity contribution >= 4 is 29.1 Å². The maximum Gasteiger partial charge on any atom is 0.230 e. The Kier molecular flexibility index (Phi) is 7.71. The van der Waals surface area contributed by atoms with Crippen molar-refractivity contribution in [1.29, 1.82) is 0 Å². The Morgan fingerprint density at radius 1 is 1.12 bits per heavy atom. The SMILES string of the molecule is CCC(CC)(CN)C(=O)N(C)Cc1ccc2cc(OC)ccc2c1.Cl. The highest BCUT2D eigenvalue weighted by Crippen LogP contribution is 2.28. The first kappa shape index (κ1) is 21.3. The molecule has 0 radical (unpaired) electrons. The van der Waals surface area contributed by atoms with Crippen LogP contribution in [0.5, 0.6) is 5.75 Å². The van der Waals surface area contributed by atoms with Crippen molar-refractivity contribution in [3.63, 3.8) is 0 Å². The van der Waals surface area contributed by atoms with Gasteiger partial charge < -0.3 is 15.4 Å². The molecule has 0 saturated carbocycles. The van der Waals surface area contributed by atoms with Crippen molar-refractivity contribution in [3.8, 4) is 5.75 Å². The fourth-order valence-corrected chi connectivity index (χ4v) is 3.18. The van der Waals surface area contributed by atoms with Gasteiger partial charge in [0.1, 0.15) is 5.75 Å². The Labute approximate surface area is 156 Å². The van der Waals surface area contributed by atoms with E-state index in [0.29, 0.717) is 13.1 Å². The Hall–Kier alpha value is -1.78. The van der Waals surface area contributed by atoms with Gasteiger partial charge in [-0.15, -0.1) is 12.4 Å². The third-order valence-electron chi connectivity index (χ3n) is 5.08. The van der Waals surface area contributed by atoms with Gasteiger partial charge in [-0.2, -0.15) is 0 Å². The fourth-order valence-electron chi connectivity index (χ4n) is 3.18. The van der Waals surface area contributed by atoms with Gasteiger partial charge in [-0.05, 0) is 47.4 Å². The number of methoxy groups -OCH3 is 1. The lowest BCUT2D eigenvalue weighted by Crippen LogP contribution is -2.45. The van der Waals surface area contributed by atoms with Gasteiger partial charge in [0, 0.05) is 20.1 Å². The first-order chi connectivity index (χ1) is 11.5. The second kappa shape index (κ2) is 9.07. The molecule has 0 fully saturated rings. The number of rotatable bonds is 7. The number of hydrogen-bond acceptors (Lipinski definition) is 3. The summed E-state index contributed by atoms with van der Waals surface area (Å²) in [4.78, 5) is 14.6. The number of fused-ring (bicyclic) bond motifs is 1. The molecule has 0 unspecified atom stereocenters. The van der Waals surface area contributed by atoms with E-state index in [0.717, 1.165) is 34.9 Å². The minimum absolute atomic E-state index is 0. The van der Waals surface area contributed by atoms with Crippen LogP contribution in [0.4, 0.5) is 0 Å². The zero-order chi connectivity index (χ0) is 17.7. The van der Waals surface area contributed by atoms with Crippen molar-refractivity contribution in [2.24, 2.45) is 11.1 Å². The molecule has 25 heavy (non-hydrogen) atoms. The van der Waals surface area contributed by atoms with Gasteiger partial charge in [-0.3, -0.25) is 4.79 Å². The summed E-state index contributed by atoms with van der Waals surface area (Å²) in [6.07, 6.45) is 1.53. The molecule has 0 heterocycles. The van der Waals surface area contributed by atoms with Crippen molar-refractivity contribution < 1.29 is 9.53 Å². The molecule has 2 N–H and O–H groups in total. The second-order valence-corrected chi connectivity index (χ2v) is 6.40. The molecule has 2 rings (SSSR count). The van der Waals surface area contributed by atoms with Crippen molar-refractivity contribution in [1.82, 2.24) is 4.90 Å². The van der Waals surface area contributed by atoms with Crippen LogP contribution in [0.15, 0.2) is 36.4 Å². The monoisotopic (exact) mass is 364 g/mol. The molecule has 0 aliphatic heterocycles. The van der Waals surface area contributed by atoms with Crippen molar-refractivity contribution in [2.75, 3.05) is 20.7 Å². The van der Waals surface area contributed by atoms with Crippen LogP contribution in [-0.4, -0.2) is 31.5 Å². The first-order valence-electron chi connectivity index (χ1n) is 8.52. The number of nitrogens with two attached hydrogens (primary N) is 1. The lowest BCUT2D eigenvalue weighted by atomic mass is 9.81. The van der Waals surface area contributed by atoms with Crippen LogP contribution in [-0.2, 0) is 11.3 Å². The van der Waals surface area contributed by atoms with E-state index >= 15 is 0 Å². The Morgan fingerprint density at radius 2 is 1.72 bits per heavy atom. The summed E-state index contributed by atoms with van der Waals surface area (Å²) in [5, 5.41) is 2.27. The van der Waals surface area contributed by atoms with Crippen LogP contribution in [0.3, 0.4) is 0 Å². The standard InChI is InChI=1S/C20H28N2O2.ClH/c1-5-20(6-2,14-21)19(23)22(3)13-15-7-8-17-12-18(24-4)10-9-16(17)11-15;/h7-12H,5-6,13-14,21H2,1-4H3;1H. The van der Waals surface area contributed by atoms with E-state index in [1.54, 1.807) is 12.0 Å². The number of hydrogen-bond donors (Lipinski definition) is 1. The number of carbonyl (C=O) groups is 1. The number of carbonyl (C=O) groups excluding carboxylic acids is 1. The molecule has 0 aliphatic carbocycles. The molecule has 4 nitrogen and oxygen atoms in total. The van der Waals surface area contributed by atoms with Crippen LogP contribution in [0.2, 0.25) is 0 Å². The number of halogens is 1. The van der Waals surface area contributed by atoms with Crippen LogP contribution in [0.25, 0.3) is 10.8 Å². The molecule has 138 valence electrons. The summed E-state index contributed by atoms with van der Waals surface area (Å²) >= 11 is 0. The Balaban J connectivity index is 0.00000312. The average molecular weight is 365 g/mol. The summed E-state index contributed by atoms with van der Waals surface area (Å²) in [5.74, 6) is 0.978. The quantitative estimate of drug-likeness (QED) is 0.808. The summed E-state index contributed by atoms with van der Waals surface area (Å²) in [5.41, 5.74) is 6.57. The normalized spacial score (nSPS) is 11.1. The van der Waals surface area contributed by atoms with E-state index in [1.165, 1.54) is 0 Å². The van der Waals surface area contributed by atoms with Crippen LogP contribution >= 0.6 is 12.4 Å². The second-order valence-electron chi connectivity index (χ2n) is 6.40. The van der Waals surface area contributed by atoms with Crippen LogP contribution in [0, 0.1) is 5.41 Å². The summed E-state index contributed by atoms with van der Waals surface area (Å²) in [7, 11) is 3.53. The third kappa shape index (κ3) is 4.44. The number of nitrogens with zero attached hydrogens (tertiary/aromatic N) is 1. The third-order valence-corrected chi connectivity index (χ3v) is 5.08. The molecule has 1 amide bonds. The maximum atomic E-state index is 12.8. The van der Waals surface area contributed by atoms with E-state index < -0.39 is 5.41 Å². The molecular weight excluding hydrogens is 336 g/mol. The number of amides is 1. The molecule has 0 aromatic heterocycles. The molecule has 2 aromatic carbocycles. The first-order valence-corrected chi connectivity index (χ1v) is 8.52. The smallest absolute Gasteiger partial charge is 0.230 e. The molecule has 0 atom stereocenters. The predicted octanol–water partition coefficient (Wildman–Crippen LogP) is 3.99. The lowest BCUT2D eigenvalue weighted by Gasteiger charge is -2.33. The molecule has 0 saturated heterocycles. The zero-order valence-electron chi connectivity index (χ0n) is 15.5. The van der Waals surface area contributed by atoms with E-state index in [2.05, 4.69) is 18.2 Å². The van der Waals surface area contributed by atoms with Gasteiger partial charge in [0.2, 0.25) is 5.91 Å². The highest BCUT2D eigenvalue weighted by Gasteiger charge is 2.35. The van der Waals surface area contributed by atoms with Gasteiger partial charge in [0.25, 0.3) is 0 Å². The molecule has 0 spiro atoms. The topological polar surface area (TPSA) is 55.6 Å². The van der Waals surface area contributed by atoms with Gasteiger partial charge in [-0.1, -0.05) is 32.0 Å². The van der Waals surface area contributed by atoms with E-state index in [9.17, 15) is 4.79 Å². The molecule has 2 aromatic rings. The van der Waals surface area contributed by atoms with Gasteiger partial charge >= 0.3 is 0 Å². The minimum Gasteiger partial charge on any atom is -0.497 e. The molecule has 0 bridgehead atoms. The molecule has 0 aliphatic rings. The zero-order valence-corrected chi connectivity index (χ0v) is 16.4. The highest BCUT2D eigenvalue weighted by atomic mass is 35.5. The summed E-state index contributed by atoms with van der Waals surface area (Å²) in [6, 6.07) is 12.3. The largest absolute Gasteiger partial charge is 0.497 e. The number of ether oxygens (including phenoxy) is 1. The van der Waals surface area contributed by atoms with Gasteiger partial charge in [0.15, 0.2) is 0 Å². The molecule has 5 heteroatoms. The van der Waals surface area contributed by atoms with E-state index in [-0.39, 0.29) is 18.3 Å². The van der Waals surface area contributed by atoms with Gasteiger partial charge in [-0.25, -0.2) is 0 Å². The van der Waals surface area contributed by atoms with Crippen LogP contribution in [0.1, 0.15) is 32.3 Å². The predicted molar refractivity (Wildman–Crippen MR) is 106 cm³/mol. The Morgan fingerprint density at radius 3 is 2.28 bits per heavy atom. The minimum atomic E-state index is -0.445. The summed E-state index contributed by atoms with van der Waals surface area (Å²) < 4.78 is 5.26. The van der Waals surface area contributed by atoms with Crippen LogP contribution < -0.4 is 10.5 Å². The lowest BCUT2D eigenvalue weighted by molar-refractivity contribution is -0.141. The van der Waals surface area contributed by atoms with Crippen molar-refractivity contribution in [3.05, 3.63) is 42.0 Å². The van der Waals surface area contributed by atoms with E-state index in [1.807, 2.05) is 39.1 Å². The Bertz CT molecular complexity index is 706. The maximum absolute atomic E-state index is 12.8. The summed E-state index contributed by atoms with van der Waals surface area (Å²) in [6.45, 7) is 5.04. The highest BCUT2D eigenvalue weighted by molar-refractivity contribution is 5.86. The fraction of sp³-hybridized carbons (Fsp3) is 0.450. The average Bonchev–Trinajstić information content (AvgIpc) is 2.63.